The van der Waals surface area contributed by atoms with E-state index >= 15 is 0 Å². The predicted molar refractivity (Wildman–Crippen MR) is 80.6 cm³/mol. The molecule has 0 aliphatic carbocycles. The first-order valence-corrected chi connectivity index (χ1v) is 6.32. The molecule has 18 heavy (non-hydrogen) atoms. The second kappa shape index (κ2) is 7.80. The molecule has 1 aromatic rings. The van der Waals surface area contributed by atoms with E-state index in [-0.39, 0.29) is 0 Å². The summed E-state index contributed by atoms with van der Waals surface area (Å²) < 4.78 is 0. The molecule has 1 aromatic carbocycles. The van der Waals surface area contributed by atoms with Crippen LogP contribution < -0.4 is 0 Å². The van der Waals surface area contributed by atoms with Crippen molar-refractivity contribution in [3.05, 3.63) is 61.2 Å². The summed E-state index contributed by atoms with van der Waals surface area (Å²) in [6.45, 7) is 8.75. The summed E-state index contributed by atoms with van der Waals surface area (Å²) >= 11 is 5.35. The molecule has 0 heterocycles. The van der Waals surface area contributed by atoms with Crippen molar-refractivity contribution in [3.63, 3.8) is 0 Å². The number of nitrogens with zero attached hydrogens (tertiary/aromatic N) is 1. The van der Waals surface area contributed by atoms with Crippen LogP contribution in [0.1, 0.15) is 18.1 Å². The van der Waals surface area contributed by atoms with Crippen LogP contribution >= 0.6 is 12.2 Å². The van der Waals surface area contributed by atoms with E-state index in [0.29, 0.717) is 19.5 Å². The number of hydrogen-bond acceptors (Lipinski definition) is 2. The Bertz CT molecular complexity index is 392. The van der Waals surface area contributed by atoms with E-state index < -0.39 is 6.10 Å². The van der Waals surface area contributed by atoms with Crippen LogP contribution in [0.5, 0.6) is 0 Å². The monoisotopic (exact) mass is 261 g/mol. The lowest BCUT2D eigenvalue weighted by molar-refractivity contribution is 0.183. The summed E-state index contributed by atoms with van der Waals surface area (Å²) in [5.74, 6) is 0. The zero-order valence-electron chi connectivity index (χ0n) is 10.5. The van der Waals surface area contributed by atoms with Gasteiger partial charge in [0.25, 0.3) is 0 Å². The third-order valence-electron chi connectivity index (χ3n) is 2.60. The van der Waals surface area contributed by atoms with Gasteiger partial charge in [0.2, 0.25) is 0 Å². The largest absolute Gasteiger partial charge is 0.388 e. The number of hydrogen-bond donors (Lipinski definition) is 1. The van der Waals surface area contributed by atoms with E-state index in [1.54, 1.807) is 12.2 Å². The molecule has 0 bridgehead atoms. The highest BCUT2D eigenvalue weighted by Crippen LogP contribution is 2.17. The molecule has 1 rings (SSSR count). The zero-order chi connectivity index (χ0) is 13.4. The van der Waals surface area contributed by atoms with E-state index in [1.165, 1.54) is 0 Å². The van der Waals surface area contributed by atoms with Crippen molar-refractivity contribution < 1.29 is 5.11 Å². The first-order chi connectivity index (χ1) is 8.69. The van der Waals surface area contributed by atoms with E-state index in [2.05, 4.69) is 13.2 Å². The maximum Gasteiger partial charge on any atom is 0.0853 e. The second-order valence-electron chi connectivity index (χ2n) is 4.01. The van der Waals surface area contributed by atoms with Crippen molar-refractivity contribution in [1.82, 2.24) is 4.90 Å². The fourth-order valence-corrected chi connectivity index (χ4v) is 1.98. The molecule has 0 radical (unpaired) electrons. The Hall–Kier alpha value is -1.45. The summed E-state index contributed by atoms with van der Waals surface area (Å²) in [7, 11) is 0. The summed E-state index contributed by atoms with van der Waals surface area (Å²) in [4.78, 5) is 2.70. The van der Waals surface area contributed by atoms with Crippen molar-refractivity contribution in [3.8, 4) is 0 Å². The minimum absolute atomic E-state index is 0.445. The molecule has 0 amide bonds. The Kier molecular flexibility index (Phi) is 6.33. The fraction of sp³-hybridized carbons (Fsp3) is 0.267. The highest BCUT2D eigenvalue weighted by molar-refractivity contribution is 7.80. The Morgan fingerprint density at radius 2 is 1.78 bits per heavy atom. The molecule has 0 aliphatic heterocycles. The minimum atomic E-state index is -0.559. The molecular formula is C15H19NOS. The first-order valence-electron chi connectivity index (χ1n) is 5.91. The SMILES string of the molecule is C=CCN(CC=C)C(=S)C[C@H](O)c1ccccc1. The highest BCUT2D eigenvalue weighted by atomic mass is 32.1. The normalized spacial score (nSPS) is 11.6. The Morgan fingerprint density at radius 3 is 2.28 bits per heavy atom. The van der Waals surface area contributed by atoms with Crippen molar-refractivity contribution in [2.45, 2.75) is 12.5 Å². The van der Waals surface area contributed by atoms with Crippen LogP contribution in [0.2, 0.25) is 0 Å². The topological polar surface area (TPSA) is 23.5 Å². The van der Waals surface area contributed by atoms with Gasteiger partial charge in [-0.15, -0.1) is 13.2 Å². The van der Waals surface area contributed by atoms with Crippen molar-refractivity contribution >= 4 is 17.2 Å². The van der Waals surface area contributed by atoms with Crippen LogP contribution in [-0.2, 0) is 0 Å². The van der Waals surface area contributed by atoms with Gasteiger partial charge in [0, 0.05) is 19.5 Å². The molecule has 0 unspecified atom stereocenters. The lowest BCUT2D eigenvalue weighted by Gasteiger charge is -2.24. The van der Waals surface area contributed by atoms with Gasteiger partial charge in [0.15, 0.2) is 0 Å². The van der Waals surface area contributed by atoms with Crippen LogP contribution in [0.3, 0.4) is 0 Å². The average Bonchev–Trinajstić information content (AvgIpc) is 2.39. The van der Waals surface area contributed by atoms with Gasteiger partial charge in [-0.25, -0.2) is 0 Å². The van der Waals surface area contributed by atoms with Gasteiger partial charge in [-0.2, -0.15) is 0 Å². The number of thiocarbonyl (C=S) groups is 1. The van der Waals surface area contributed by atoms with Crippen LogP contribution in [0.4, 0.5) is 0 Å². The van der Waals surface area contributed by atoms with Gasteiger partial charge in [-0.1, -0.05) is 54.7 Å². The van der Waals surface area contributed by atoms with E-state index in [0.717, 1.165) is 10.6 Å². The minimum Gasteiger partial charge on any atom is -0.388 e. The zero-order valence-corrected chi connectivity index (χ0v) is 11.3. The molecule has 0 aliphatic rings. The van der Waals surface area contributed by atoms with Crippen molar-refractivity contribution in [1.29, 1.82) is 0 Å². The van der Waals surface area contributed by atoms with Gasteiger partial charge < -0.3 is 10.0 Å². The third kappa shape index (κ3) is 4.43. The molecule has 0 spiro atoms. The Balaban J connectivity index is 2.62. The number of aliphatic hydroxyl groups is 1. The van der Waals surface area contributed by atoms with Crippen LogP contribution in [-0.4, -0.2) is 28.1 Å². The summed E-state index contributed by atoms with van der Waals surface area (Å²) in [6, 6.07) is 9.55. The van der Waals surface area contributed by atoms with E-state index in [9.17, 15) is 5.11 Å². The van der Waals surface area contributed by atoms with Crippen molar-refractivity contribution in [2.24, 2.45) is 0 Å². The lowest BCUT2D eigenvalue weighted by Crippen LogP contribution is -2.30. The van der Waals surface area contributed by atoms with E-state index in [4.69, 9.17) is 12.2 Å². The molecule has 1 N–H and O–H groups in total. The van der Waals surface area contributed by atoms with E-state index in [1.807, 2.05) is 35.2 Å². The first kappa shape index (κ1) is 14.6. The van der Waals surface area contributed by atoms with Crippen LogP contribution in [0.15, 0.2) is 55.6 Å². The maximum absolute atomic E-state index is 10.1. The maximum atomic E-state index is 10.1. The number of aliphatic hydroxyl groups excluding tert-OH is 1. The second-order valence-corrected chi connectivity index (χ2v) is 4.48. The van der Waals surface area contributed by atoms with Gasteiger partial charge >= 0.3 is 0 Å². The van der Waals surface area contributed by atoms with Gasteiger partial charge in [-0.05, 0) is 5.56 Å². The number of benzene rings is 1. The molecule has 0 saturated carbocycles. The third-order valence-corrected chi connectivity index (χ3v) is 3.03. The van der Waals surface area contributed by atoms with Gasteiger partial charge in [-0.3, -0.25) is 0 Å². The highest BCUT2D eigenvalue weighted by Gasteiger charge is 2.13. The van der Waals surface area contributed by atoms with Gasteiger partial charge in [0.05, 0.1) is 11.1 Å². The smallest absolute Gasteiger partial charge is 0.0853 e. The van der Waals surface area contributed by atoms with Crippen LogP contribution in [0.25, 0.3) is 0 Å². The summed E-state index contributed by atoms with van der Waals surface area (Å²) in [5, 5.41) is 10.1. The Morgan fingerprint density at radius 1 is 1.22 bits per heavy atom. The molecule has 0 aromatic heterocycles. The molecule has 2 nitrogen and oxygen atoms in total. The molecule has 1 atom stereocenters. The molecule has 0 fully saturated rings. The fourth-order valence-electron chi connectivity index (χ4n) is 1.68. The molecule has 96 valence electrons. The van der Waals surface area contributed by atoms with Crippen molar-refractivity contribution in [2.75, 3.05) is 13.1 Å². The predicted octanol–water partition coefficient (Wildman–Crippen LogP) is 3.11. The average molecular weight is 261 g/mol. The van der Waals surface area contributed by atoms with Gasteiger partial charge in [0.1, 0.15) is 0 Å². The van der Waals surface area contributed by atoms with Crippen LogP contribution in [0, 0.1) is 0 Å². The quantitative estimate of drug-likeness (QED) is 0.602. The molecule has 3 heteroatoms. The summed E-state index contributed by atoms with van der Waals surface area (Å²) in [5.41, 5.74) is 0.886. The Labute approximate surface area is 114 Å². The molecule has 0 saturated heterocycles. The lowest BCUT2D eigenvalue weighted by atomic mass is 10.1. The standard InChI is InChI=1S/C15H19NOS/c1-3-10-16(11-4-2)15(18)12-14(17)13-8-6-5-7-9-13/h3-9,14,17H,1-2,10-12H2/t14-/m0/s1. The molecular weight excluding hydrogens is 242 g/mol. The summed E-state index contributed by atoms with van der Waals surface area (Å²) in [6.07, 6.45) is 3.48. The number of rotatable bonds is 7.